The SMILES string of the molecule is Cc1[nH]c2ccccc2c1Cc1ccc(O)cc1. The van der Waals surface area contributed by atoms with Crippen molar-refractivity contribution in [3.8, 4) is 5.75 Å². The van der Waals surface area contributed by atoms with Crippen LogP contribution in [0.5, 0.6) is 5.75 Å². The van der Waals surface area contributed by atoms with Crippen LogP contribution in [0, 0.1) is 6.92 Å². The molecule has 3 aromatic rings. The summed E-state index contributed by atoms with van der Waals surface area (Å²) in [5.74, 6) is 0.314. The van der Waals surface area contributed by atoms with E-state index in [1.807, 2.05) is 18.2 Å². The average Bonchev–Trinajstić information content (AvgIpc) is 2.69. The Kier molecular flexibility index (Phi) is 2.56. The van der Waals surface area contributed by atoms with E-state index in [0.717, 1.165) is 6.42 Å². The fraction of sp³-hybridized carbons (Fsp3) is 0.125. The van der Waals surface area contributed by atoms with E-state index in [4.69, 9.17) is 0 Å². The fourth-order valence-electron chi connectivity index (χ4n) is 2.38. The first-order valence-corrected chi connectivity index (χ1v) is 6.08. The first kappa shape index (κ1) is 10.9. The molecular weight excluding hydrogens is 222 g/mol. The maximum atomic E-state index is 9.30. The predicted molar refractivity (Wildman–Crippen MR) is 73.9 cm³/mol. The molecule has 0 fully saturated rings. The monoisotopic (exact) mass is 237 g/mol. The number of phenolic OH excluding ortho intramolecular Hbond substituents is 1. The van der Waals surface area contributed by atoms with E-state index in [-0.39, 0.29) is 0 Å². The zero-order valence-electron chi connectivity index (χ0n) is 10.3. The van der Waals surface area contributed by atoms with E-state index in [1.165, 1.54) is 27.7 Å². The first-order valence-electron chi connectivity index (χ1n) is 6.08. The molecule has 2 heteroatoms. The summed E-state index contributed by atoms with van der Waals surface area (Å²) in [4.78, 5) is 3.41. The third-order valence-electron chi connectivity index (χ3n) is 3.34. The number of aryl methyl sites for hydroxylation is 1. The van der Waals surface area contributed by atoms with Crippen LogP contribution in [-0.2, 0) is 6.42 Å². The molecule has 0 aliphatic rings. The number of phenols is 1. The quantitative estimate of drug-likeness (QED) is 0.699. The van der Waals surface area contributed by atoms with Gasteiger partial charge in [-0.1, -0.05) is 30.3 Å². The normalized spacial score (nSPS) is 10.9. The van der Waals surface area contributed by atoms with Gasteiger partial charge in [-0.05, 0) is 42.7 Å². The van der Waals surface area contributed by atoms with Crippen LogP contribution in [0.15, 0.2) is 48.5 Å². The van der Waals surface area contributed by atoms with Gasteiger partial charge in [0.1, 0.15) is 5.75 Å². The molecule has 0 radical (unpaired) electrons. The molecule has 0 aliphatic carbocycles. The average molecular weight is 237 g/mol. The molecule has 0 saturated carbocycles. The summed E-state index contributed by atoms with van der Waals surface area (Å²) >= 11 is 0. The molecule has 1 heterocycles. The Morgan fingerprint density at radius 3 is 2.50 bits per heavy atom. The Hall–Kier alpha value is -2.22. The van der Waals surface area contributed by atoms with Gasteiger partial charge in [0, 0.05) is 16.6 Å². The predicted octanol–water partition coefficient (Wildman–Crippen LogP) is 3.77. The molecule has 0 unspecified atom stereocenters. The highest BCUT2D eigenvalue weighted by Gasteiger charge is 2.08. The third kappa shape index (κ3) is 1.86. The number of aromatic amines is 1. The summed E-state index contributed by atoms with van der Waals surface area (Å²) in [6, 6.07) is 15.8. The number of benzene rings is 2. The molecule has 0 amide bonds. The first-order chi connectivity index (χ1) is 8.74. The van der Waals surface area contributed by atoms with Crippen LogP contribution < -0.4 is 0 Å². The number of rotatable bonds is 2. The lowest BCUT2D eigenvalue weighted by molar-refractivity contribution is 0.475. The van der Waals surface area contributed by atoms with Crippen LogP contribution in [0.25, 0.3) is 10.9 Å². The molecule has 18 heavy (non-hydrogen) atoms. The number of hydrogen-bond acceptors (Lipinski definition) is 1. The highest BCUT2D eigenvalue weighted by atomic mass is 16.3. The van der Waals surface area contributed by atoms with Crippen LogP contribution in [0.3, 0.4) is 0 Å². The molecule has 2 N–H and O–H groups in total. The zero-order valence-corrected chi connectivity index (χ0v) is 10.3. The highest BCUT2D eigenvalue weighted by molar-refractivity contribution is 5.84. The second-order valence-electron chi connectivity index (χ2n) is 4.62. The van der Waals surface area contributed by atoms with Gasteiger partial charge in [0.2, 0.25) is 0 Å². The van der Waals surface area contributed by atoms with Crippen molar-refractivity contribution in [3.05, 3.63) is 65.4 Å². The van der Waals surface area contributed by atoms with Gasteiger partial charge < -0.3 is 10.1 Å². The molecule has 90 valence electrons. The van der Waals surface area contributed by atoms with E-state index in [1.54, 1.807) is 12.1 Å². The maximum Gasteiger partial charge on any atom is 0.115 e. The molecular formula is C16H15NO. The summed E-state index contributed by atoms with van der Waals surface area (Å²) in [5, 5.41) is 10.6. The van der Waals surface area contributed by atoms with Crippen molar-refractivity contribution in [2.75, 3.05) is 0 Å². The Labute approximate surface area is 106 Å². The van der Waals surface area contributed by atoms with E-state index in [2.05, 4.69) is 30.1 Å². The molecule has 0 bridgehead atoms. The zero-order chi connectivity index (χ0) is 12.5. The fourth-order valence-corrected chi connectivity index (χ4v) is 2.38. The summed E-state index contributed by atoms with van der Waals surface area (Å²) in [5.41, 5.74) is 4.94. The summed E-state index contributed by atoms with van der Waals surface area (Å²) in [6.45, 7) is 2.11. The summed E-state index contributed by atoms with van der Waals surface area (Å²) < 4.78 is 0. The molecule has 2 aromatic carbocycles. The van der Waals surface area contributed by atoms with Crippen LogP contribution in [0.4, 0.5) is 0 Å². The number of H-pyrrole nitrogens is 1. The molecule has 1 aromatic heterocycles. The Bertz CT molecular complexity index is 680. The van der Waals surface area contributed by atoms with Gasteiger partial charge in [-0.2, -0.15) is 0 Å². The molecule has 2 nitrogen and oxygen atoms in total. The Balaban J connectivity index is 2.04. The van der Waals surface area contributed by atoms with Gasteiger partial charge in [0.05, 0.1) is 0 Å². The minimum atomic E-state index is 0.314. The summed E-state index contributed by atoms with van der Waals surface area (Å²) in [7, 11) is 0. The number of para-hydroxylation sites is 1. The van der Waals surface area contributed by atoms with Gasteiger partial charge in [-0.15, -0.1) is 0 Å². The summed E-state index contributed by atoms with van der Waals surface area (Å²) in [6.07, 6.45) is 0.885. The van der Waals surface area contributed by atoms with Crippen LogP contribution in [0.1, 0.15) is 16.8 Å². The van der Waals surface area contributed by atoms with Crippen molar-refractivity contribution >= 4 is 10.9 Å². The smallest absolute Gasteiger partial charge is 0.115 e. The standard InChI is InChI=1S/C16H15NO/c1-11-15(10-12-6-8-13(18)9-7-12)14-4-2-3-5-16(14)17-11/h2-9,17-18H,10H2,1H3. The van der Waals surface area contributed by atoms with E-state index >= 15 is 0 Å². The van der Waals surface area contributed by atoms with Crippen LogP contribution in [-0.4, -0.2) is 10.1 Å². The van der Waals surface area contributed by atoms with Crippen molar-refractivity contribution in [1.29, 1.82) is 0 Å². The molecule has 3 rings (SSSR count). The number of aromatic hydroxyl groups is 1. The number of hydrogen-bond donors (Lipinski definition) is 2. The van der Waals surface area contributed by atoms with Crippen molar-refractivity contribution in [2.24, 2.45) is 0 Å². The highest BCUT2D eigenvalue weighted by Crippen LogP contribution is 2.25. The molecule has 0 saturated heterocycles. The van der Waals surface area contributed by atoms with Crippen molar-refractivity contribution in [3.63, 3.8) is 0 Å². The minimum absolute atomic E-state index is 0.314. The Morgan fingerprint density at radius 1 is 1.00 bits per heavy atom. The van der Waals surface area contributed by atoms with E-state index in [0.29, 0.717) is 5.75 Å². The van der Waals surface area contributed by atoms with Crippen LogP contribution in [0.2, 0.25) is 0 Å². The lowest BCUT2D eigenvalue weighted by Gasteiger charge is -2.02. The minimum Gasteiger partial charge on any atom is -0.508 e. The number of nitrogens with one attached hydrogen (secondary N) is 1. The van der Waals surface area contributed by atoms with Crippen molar-refractivity contribution in [1.82, 2.24) is 4.98 Å². The van der Waals surface area contributed by atoms with Gasteiger partial charge in [-0.3, -0.25) is 0 Å². The van der Waals surface area contributed by atoms with Gasteiger partial charge in [0.25, 0.3) is 0 Å². The molecule has 0 spiro atoms. The van der Waals surface area contributed by atoms with Gasteiger partial charge in [0.15, 0.2) is 0 Å². The van der Waals surface area contributed by atoms with Gasteiger partial charge in [-0.25, -0.2) is 0 Å². The third-order valence-corrected chi connectivity index (χ3v) is 3.34. The molecule has 0 atom stereocenters. The topological polar surface area (TPSA) is 36.0 Å². The lowest BCUT2D eigenvalue weighted by atomic mass is 10.0. The number of aromatic nitrogens is 1. The maximum absolute atomic E-state index is 9.30. The van der Waals surface area contributed by atoms with Gasteiger partial charge >= 0.3 is 0 Å². The van der Waals surface area contributed by atoms with Crippen LogP contribution >= 0.6 is 0 Å². The second kappa shape index (κ2) is 4.22. The Morgan fingerprint density at radius 2 is 1.72 bits per heavy atom. The van der Waals surface area contributed by atoms with Crippen molar-refractivity contribution in [2.45, 2.75) is 13.3 Å². The number of fused-ring (bicyclic) bond motifs is 1. The largest absolute Gasteiger partial charge is 0.508 e. The molecule has 0 aliphatic heterocycles. The second-order valence-corrected chi connectivity index (χ2v) is 4.62. The van der Waals surface area contributed by atoms with Crippen molar-refractivity contribution < 1.29 is 5.11 Å². The van der Waals surface area contributed by atoms with E-state index < -0.39 is 0 Å². The van der Waals surface area contributed by atoms with E-state index in [9.17, 15) is 5.11 Å². The lowest BCUT2D eigenvalue weighted by Crippen LogP contribution is -1.89.